The van der Waals surface area contributed by atoms with Crippen molar-refractivity contribution in [2.75, 3.05) is 19.5 Å². The Labute approximate surface area is 199 Å². The third kappa shape index (κ3) is 4.74. The number of carbonyl (C=O) groups excluding carboxylic acids is 1. The lowest BCUT2D eigenvalue weighted by Crippen LogP contribution is -2.00. The zero-order valence-corrected chi connectivity index (χ0v) is 19.5. The fraction of sp³-hybridized carbons (Fsp3) is 0.120. The molecule has 0 radical (unpaired) electrons. The number of ether oxygens (including phenoxy) is 2. The van der Waals surface area contributed by atoms with Crippen molar-refractivity contribution in [3.8, 4) is 22.1 Å². The normalized spacial score (nSPS) is 11.0. The highest BCUT2D eigenvalue weighted by Gasteiger charge is 2.17. The van der Waals surface area contributed by atoms with E-state index in [9.17, 15) is 14.9 Å². The van der Waals surface area contributed by atoms with Crippen molar-refractivity contribution in [1.29, 1.82) is 0 Å². The Morgan fingerprint density at radius 2 is 1.91 bits per heavy atom. The maximum atomic E-state index is 12.5. The van der Waals surface area contributed by atoms with Gasteiger partial charge >= 0.3 is 5.69 Å². The second-order valence-electron chi connectivity index (χ2n) is 7.37. The third-order valence-corrected chi connectivity index (χ3v) is 6.27. The van der Waals surface area contributed by atoms with Crippen LogP contribution in [0.2, 0.25) is 0 Å². The number of hydrogen-bond donors (Lipinski definition) is 1. The van der Waals surface area contributed by atoms with Gasteiger partial charge in [-0.25, -0.2) is 4.98 Å². The summed E-state index contributed by atoms with van der Waals surface area (Å²) in [5.41, 5.74) is 3.66. The molecule has 0 aliphatic rings. The van der Waals surface area contributed by atoms with Crippen LogP contribution in [-0.4, -0.2) is 29.9 Å². The van der Waals surface area contributed by atoms with E-state index >= 15 is 0 Å². The minimum absolute atomic E-state index is 0.103. The molecule has 0 saturated carbocycles. The summed E-state index contributed by atoms with van der Waals surface area (Å²) in [6.07, 6.45) is 2.85. The molecule has 172 valence electrons. The number of nitrogens with zero attached hydrogens (tertiary/aromatic N) is 2. The van der Waals surface area contributed by atoms with Crippen LogP contribution in [0.3, 0.4) is 0 Å². The molecule has 0 saturated heterocycles. The van der Waals surface area contributed by atoms with Crippen molar-refractivity contribution in [1.82, 2.24) is 4.98 Å². The molecule has 8 nitrogen and oxygen atoms in total. The summed E-state index contributed by atoms with van der Waals surface area (Å²) in [7, 11) is 2.98. The van der Waals surface area contributed by atoms with E-state index in [1.54, 1.807) is 18.4 Å². The molecular formula is C25H21N3O5S. The Kier molecular flexibility index (Phi) is 6.55. The van der Waals surface area contributed by atoms with E-state index in [0.29, 0.717) is 0 Å². The highest BCUT2D eigenvalue weighted by atomic mass is 32.1. The number of fused-ring (bicyclic) bond motifs is 1. The lowest BCUT2D eigenvalue weighted by atomic mass is 10.1. The minimum Gasteiger partial charge on any atom is -0.497 e. The summed E-state index contributed by atoms with van der Waals surface area (Å²) in [6.45, 7) is 1.96. The van der Waals surface area contributed by atoms with Crippen LogP contribution in [-0.2, 0) is 0 Å². The van der Waals surface area contributed by atoms with Crippen molar-refractivity contribution in [3.63, 3.8) is 0 Å². The number of ketones is 1. The second-order valence-corrected chi connectivity index (χ2v) is 8.40. The van der Waals surface area contributed by atoms with E-state index in [-0.39, 0.29) is 22.8 Å². The topological polar surface area (TPSA) is 104 Å². The average Bonchev–Trinajstić information content (AvgIpc) is 3.27. The maximum Gasteiger partial charge on any atom is 0.311 e. The van der Waals surface area contributed by atoms with E-state index in [2.05, 4.69) is 5.32 Å². The first-order valence-electron chi connectivity index (χ1n) is 10.2. The van der Waals surface area contributed by atoms with Crippen LogP contribution in [0.25, 0.3) is 20.8 Å². The first kappa shape index (κ1) is 22.9. The highest BCUT2D eigenvalue weighted by molar-refractivity contribution is 7.21. The van der Waals surface area contributed by atoms with Gasteiger partial charge in [0.2, 0.25) is 0 Å². The number of rotatable bonds is 8. The average molecular weight is 476 g/mol. The summed E-state index contributed by atoms with van der Waals surface area (Å²) in [5, 5.41) is 15.2. The molecule has 0 aliphatic heterocycles. The van der Waals surface area contributed by atoms with Gasteiger partial charge in [0.05, 0.1) is 29.4 Å². The molecule has 1 aromatic heterocycles. The Morgan fingerprint density at radius 3 is 2.62 bits per heavy atom. The van der Waals surface area contributed by atoms with E-state index in [1.165, 1.54) is 37.6 Å². The highest BCUT2D eigenvalue weighted by Crippen LogP contribution is 2.34. The molecule has 3 aromatic carbocycles. The van der Waals surface area contributed by atoms with Crippen LogP contribution in [0.1, 0.15) is 15.9 Å². The van der Waals surface area contributed by atoms with E-state index in [0.717, 1.165) is 37.8 Å². The van der Waals surface area contributed by atoms with Crippen LogP contribution in [0.4, 0.5) is 11.4 Å². The summed E-state index contributed by atoms with van der Waals surface area (Å²) >= 11 is 1.59. The number of benzene rings is 3. The molecule has 0 atom stereocenters. The maximum absolute atomic E-state index is 12.5. The largest absolute Gasteiger partial charge is 0.497 e. The number of nitro benzene ring substituents is 1. The van der Waals surface area contributed by atoms with Crippen molar-refractivity contribution in [2.24, 2.45) is 0 Å². The first-order valence-corrected chi connectivity index (χ1v) is 11.1. The van der Waals surface area contributed by atoms with Gasteiger partial charge in [-0.15, -0.1) is 11.3 Å². The standard InChI is InChI=1S/C25H21N3O5S/c1-15-12-17(25-27-20-8-6-18(32-2)14-24(20)34-25)4-7-19(15)26-11-10-22(29)16-5-9-23(33-3)21(13-16)28(30)31/h4-14,26H,1-3H3/b11-10-. The van der Waals surface area contributed by atoms with Gasteiger partial charge in [-0.3, -0.25) is 14.9 Å². The molecule has 0 fully saturated rings. The number of allylic oxidation sites excluding steroid dienone is 1. The van der Waals surface area contributed by atoms with Crippen molar-refractivity contribution in [3.05, 3.63) is 88.1 Å². The van der Waals surface area contributed by atoms with E-state index < -0.39 is 4.92 Å². The summed E-state index contributed by atoms with van der Waals surface area (Å²) in [6, 6.07) is 15.8. The molecule has 4 rings (SSSR count). The number of aromatic nitrogens is 1. The SMILES string of the molecule is COc1ccc2nc(-c3ccc(N/C=C\C(=O)c4ccc(OC)c([N+](=O)[O-])c4)c(C)c3)sc2c1. The van der Waals surface area contributed by atoms with Gasteiger partial charge in [-0.2, -0.15) is 0 Å². The summed E-state index contributed by atoms with van der Waals surface area (Å²) in [5.74, 6) is 0.535. The fourth-order valence-corrected chi connectivity index (χ4v) is 4.39. The predicted octanol–water partition coefficient (Wildman–Crippen LogP) is 6.01. The molecule has 34 heavy (non-hydrogen) atoms. The van der Waals surface area contributed by atoms with Crippen molar-refractivity contribution in [2.45, 2.75) is 6.92 Å². The fourth-order valence-electron chi connectivity index (χ4n) is 3.40. The quantitative estimate of drug-likeness (QED) is 0.144. The lowest BCUT2D eigenvalue weighted by Gasteiger charge is -2.07. The van der Waals surface area contributed by atoms with Crippen molar-refractivity contribution < 1.29 is 19.2 Å². The number of carbonyl (C=O) groups is 1. The van der Waals surface area contributed by atoms with Crippen LogP contribution in [0, 0.1) is 17.0 Å². The first-order chi connectivity index (χ1) is 16.4. The third-order valence-electron chi connectivity index (χ3n) is 5.20. The summed E-state index contributed by atoms with van der Waals surface area (Å²) in [4.78, 5) is 27.8. The second kappa shape index (κ2) is 9.72. The Morgan fingerprint density at radius 1 is 1.09 bits per heavy atom. The smallest absolute Gasteiger partial charge is 0.311 e. The number of methoxy groups -OCH3 is 2. The molecular weight excluding hydrogens is 454 g/mol. The number of anilines is 1. The number of aryl methyl sites for hydroxylation is 1. The number of hydrogen-bond acceptors (Lipinski definition) is 8. The van der Waals surface area contributed by atoms with Gasteiger partial charge in [-0.1, -0.05) is 0 Å². The van der Waals surface area contributed by atoms with E-state index in [1.807, 2.05) is 43.3 Å². The molecule has 9 heteroatoms. The van der Waals surface area contributed by atoms with Crippen LogP contribution in [0.15, 0.2) is 66.9 Å². The molecule has 0 unspecified atom stereocenters. The van der Waals surface area contributed by atoms with Gasteiger partial charge < -0.3 is 14.8 Å². The molecule has 1 N–H and O–H groups in total. The van der Waals surface area contributed by atoms with Crippen LogP contribution in [0.5, 0.6) is 11.5 Å². The van der Waals surface area contributed by atoms with Crippen LogP contribution < -0.4 is 14.8 Å². The molecule has 0 aliphatic carbocycles. The van der Waals surface area contributed by atoms with Gasteiger partial charge in [0.25, 0.3) is 0 Å². The predicted molar refractivity (Wildman–Crippen MR) is 133 cm³/mol. The monoisotopic (exact) mass is 475 g/mol. The Bertz CT molecular complexity index is 1430. The number of nitrogens with one attached hydrogen (secondary N) is 1. The zero-order valence-electron chi connectivity index (χ0n) is 18.7. The van der Waals surface area contributed by atoms with Gasteiger partial charge in [0, 0.05) is 35.2 Å². The van der Waals surface area contributed by atoms with E-state index in [4.69, 9.17) is 14.5 Å². The molecule has 4 aromatic rings. The molecule has 0 bridgehead atoms. The van der Waals surface area contributed by atoms with Gasteiger partial charge in [-0.05, 0) is 61.0 Å². The Balaban J connectivity index is 1.48. The molecule has 0 amide bonds. The van der Waals surface area contributed by atoms with Crippen molar-refractivity contribution >= 4 is 38.7 Å². The van der Waals surface area contributed by atoms with Crippen LogP contribution >= 0.6 is 11.3 Å². The minimum atomic E-state index is -0.579. The number of nitro groups is 1. The van der Waals surface area contributed by atoms with Gasteiger partial charge in [0.1, 0.15) is 10.8 Å². The Hall–Kier alpha value is -4.24. The number of thiazole rings is 1. The molecule has 1 heterocycles. The zero-order chi connectivity index (χ0) is 24.2. The lowest BCUT2D eigenvalue weighted by molar-refractivity contribution is -0.385. The molecule has 0 spiro atoms. The summed E-state index contributed by atoms with van der Waals surface area (Å²) < 4.78 is 11.3. The van der Waals surface area contributed by atoms with Gasteiger partial charge in [0.15, 0.2) is 11.5 Å².